The van der Waals surface area contributed by atoms with Gasteiger partial charge in [-0.2, -0.15) is 13.2 Å². The molecular formula is C22H25F3N4O3. The molecule has 0 N–H and O–H groups in total. The molecule has 2 aromatic rings. The van der Waals surface area contributed by atoms with Crippen LogP contribution in [0.25, 0.3) is 0 Å². The van der Waals surface area contributed by atoms with Crippen molar-refractivity contribution in [3.63, 3.8) is 0 Å². The van der Waals surface area contributed by atoms with Gasteiger partial charge in [0.1, 0.15) is 11.5 Å². The van der Waals surface area contributed by atoms with Gasteiger partial charge in [0.15, 0.2) is 0 Å². The van der Waals surface area contributed by atoms with E-state index in [4.69, 9.17) is 4.74 Å². The molecule has 3 heterocycles. The predicted octanol–water partition coefficient (Wildman–Crippen LogP) is 3.55. The Morgan fingerprint density at radius 2 is 1.88 bits per heavy atom. The van der Waals surface area contributed by atoms with Crippen LogP contribution in [0.3, 0.4) is 0 Å². The summed E-state index contributed by atoms with van der Waals surface area (Å²) in [6, 6.07) is 5.44. The van der Waals surface area contributed by atoms with Crippen molar-refractivity contribution in [2.24, 2.45) is 0 Å². The SMILES string of the molecule is CCOC(=O)N1CCN(C(=O)c2cn3c(n2)CC[C@H](c2cccc(C(F)(F)F)c2)C3)CC1. The quantitative estimate of drug-likeness (QED) is 0.718. The van der Waals surface area contributed by atoms with E-state index in [0.717, 1.165) is 11.9 Å². The van der Waals surface area contributed by atoms with Gasteiger partial charge in [0.25, 0.3) is 5.91 Å². The van der Waals surface area contributed by atoms with Crippen LogP contribution in [0.2, 0.25) is 0 Å². The Hall–Kier alpha value is -3.04. The lowest BCUT2D eigenvalue weighted by Gasteiger charge is -2.33. The number of hydrogen-bond donors (Lipinski definition) is 0. The summed E-state index contributed by atoms with van der Waals surface area (Å²) in [6.45, 7) is 4.12. The monoisotopic (exact) mass is 450 g/mol. The minimum Gasteiger partial charge on any atom is -0.450 e. The van der Waals surface area contributed by atoms with Gasteiger partial charge in [-0.3, -0.25) is 4.79 Å². The molecule has 0 unspecified atom stereocenters. The normalized spacial score (nSPS) is 18.9. The Labute approximate surface area is 183 Å². The molecule has 0 saturated carbocycles. The molecule has 4 rings (SSSR count). The van der Waals surface area contributed by atoms with Crippen LogP contribution in [0.4, 0.5) is 18.0 Å². The first-order chi connectivity index (χ1) is 15.3. The number of amides is 2. The van der Waals surface area contributed by atoms with Crippen LogP contribution in [-0.2, 0) is 23.9 Å². The fraction of sp³-hybridized carbons (Fsp3) is 0.500. The van der Waals surface area contributed by atoms with Gasteiger partial charge in [-0.05, 0) is 25.0 Å². The van der Waals surface area contributed by atoms with E-state index in [9.17, 15) is 22.8 Å². The number of alkyl halides is 3. The Balaban J connectivity index is 1.42. The van der Waals surface area contributed by atoms with Gasteiger partial charge >= 0.3 is 12.3 Å². The molecule has 2 amide bonds. The minimum atomic E-state index is -4.37. The minimum absolute atomic E-state index is 0.0740. The third-order valence-corrected chi connectivity index (χ3v) is 5.99. The number of halogens is 3. The maximum Gasteiger partial charge on any atom is 0.416 e. The molecule has 32 heavy (non-hydrogen) atoms. The van der Waals surface area contributed by atoms with Gasteiger partial charge in [-0.25, -0.2) is 9.78 Å². The van der Waals surface area contributed by atoms with Crippen LogP contribution in [0.15, 0.2) is 30.5 Å². The van der Waals surface area contributed by atoms with Crippen molar-refractivity contribution in [1.29, 1.82) is 0 Å². The maximum atomic E-state index is 13.1. The van der Waals surface area contributed by atoms with E-state index in [1.165, 1.54) is 12.1 Å². The summed E-state index contributed by atoms with van der Waals surface area (Å²) in [7, 11) is 0. The second-order valence-electron chi connectivity index (χ2n) is 8.03. The zero-order chi connectivity index (χ0) is 22.9. The first-order valence-electron chi connectivity index (χ1n) is 10.7. The number of benzene rings is 1. The predicted molar refractivity (Wildman–Crippen MR) is 109 cm³/mol. The molecule has 1 aromatic heterocycles. The summed E-state index contributed by atoms with van der Waals surface area (Å²) in [6.07, 6.45) is -1.80. The molecule has 0 radical (unpaired) electrons. The highest BCUT2D eigenvalue weighted by molar-refractivity contribution is 5.92. The van der Waals surface area contributed by atoms with Crippen molar-refractivity contribution >= 4 is 12.0 Å². The Morgan fingerprint density at radius 3 is 2.56 bits per heavy atom. The summed E-state index contributed by atoms with van der Waals surface area (Å²) in [4.78, 5) is 32.5. The number of aryl methyl sites for hydroxylation is 1. The van der Waals surface area contributed by atoms with E-state index in [1.54, 1.807) is 29.0 Å². The van der Waals surface area contributed by atoms with Gasteiger partial charge in [0.05, 0.1) is 12.2 Å². The number of hydrogen-bond acceptors (Lipinski definition) is 4. The fourth-order valence-corrected chi connectivity index (χ4v) is 4.26. The van der Waals surface area contributed by atoms with Crippen LogP contribution in [0, 0.1) is 0 Å². The maximum absolute atomic E-state index is 13.1. The Bertz CT molecular complexity index is 997. The summed E-state index contributed by atoms with van der Waals surface area (Å²) in [5, 5.41) is 0. The molecule has 1 saturated heterocycles. The van der Waals surface area contributed by atoms with E-state index in [1.807, 2.05) is 4.57 Å². The van der Waals surface area contributed by atoms with E-state index >= 15 is 0 Å². The lowest BCUT2D eigenvalue weighted by atomic mass is 9.90. The Morgan fingerprint density at radius 1 is 1.16 bits per heavy atom. The number of fused-ring (bicyclic) bond motifs is 1. The molecule has 2 aliphatic heterocycles. The molecule has 1 fully saturated rings. The van der Waals surface area contributed by atoms with Crippen LogP contribution in [0.1, 0.15) is 46.7 Å². The smallest absolute Gasteiger partial charge is 0.416 e. The van der Waals surface area contributed by atoms with E-state index < -0.39 is 11.7 Å². The average Bonchev–Trinajstić information content (AvgIpc) is 3.22. The zero-order valence-corrected chi connectivity index (χ0v) is 17.8. The summed E-state index contributed by atoms with van der Waals surface area (Å²) >= 11 is 0. The number of nitrogens with zero attached hydrogens (tertiary/aromatic N) is 4. The third kappa shape index (κ3) is 4.58. The van der Waals surface area contributed by atoms with Crippen molar-refractivity contribution in [1.82, 2.24) is 19.4 Å². The van der Waals surface area contributed by atoms with Gasteiger partial charge in [-0.15, -0.1) is 0 Å². The van der Waals surface area contributed by atoms with Crippen molar-refractivity contribution in [2.75, 3.05) is 32.8 Å². The number of rotatable bonds is 3. The summed E-state index contributed by atoms with van der Waals surface area (Å²) < 4.78 is 46.1. The van der Waals surface area contributed by atoms with Crippen LogP contribution in [-0.4, -0.2) is 64.1 Å². The van der Waals surface area contributed by atoms with Gasteiger partial charge in [-0.1, -0.05) is 18.2 Å². The highest BCUT2D eigenvalue weighted by Crippen LogP contribution is 2.34. The third-order valence-electron chi connectivity index (χ3n) is 5.99. The molecule has 172 valence electrons. The van der Waals surface area contributed by atoms with Crippen LogP contribution in [0.5, 0.6) is 0 Å². The molecule has 10 heteroatoms. The van der Waals surface area contributed by atoms with Crippen molar-refractivity contribution in [3.05, 3.63) is 53.1 Å². The first kappa shape index (κ1) is 22.2. The molecule has 1 aromatic carbocycles. The fourth-order valence-electron chi connectivity index (χ4n) is 4.26. The Kier molecular flexibility index (Phi) is 6.12. The largest absolute Gasteiger partial charge is 0.450 e. The van der Waals surface area contributed by atoms with Gasteiger partial charge in [0, 0.05) is 51.3 Å². The molecule has 0 aliphatic carbocycles. The summed E-state index contributed by atoms with van der Waals surface area (Å²) in [5.41, 5.74) is 0.320. The second kappa shape index (κ2) is 8.84. The van der Waals surface area contributed by atoms with E-state index in [-0.39, 0.29) is 17.9 Å². The number of ether oxygens (including phenoxy) is 1. The molecular weight excluding hydrogens is 425 g/mol. The number of imidazole rings is 1. The zero-order valence-electron chi connectivity index (χ0n) is 17.8. The van der Waals surface area contributed by atoms with Crippen molar-refractivity contribution in [3.8, 4) is 0 Å². The molecule has 0 spiro atoms. The average molecular weight is 450 g/mol. The lowest BCUT2D eigenvalue weighted by molar-refractivity contribution is -0.137. The van der Waals surface area contributed by atoms with Gasteiger partial charge in [0.2, 0.25) is 0 Å². The van der Waals surface area contributed by atoms with Crippen LogP contribution >= 0.6 is 0 Å². The molecule has 2 aliphatic rings. The molecule has 1 atom stereocenters. The highest BCUT2D eigenvalue weighted by Gasteiger charge is 2.32. The number of aromatic nitrogens is 2. The number of piperazine rings is 1. The first-order valence-corrected chi connectivity index (χ1v) is 10.7. The standard InChI is InChI=1S/C22H25F3N4O3/c1-2-32-21(31)28-10-8-27(9-11-28)20(30)18-14-29-13-16(6-7-19(29)26-18)15-4-3-5-17(12-15)22(23,24)25/h3-5,12,14,16H,2,6-11,13H2,1H3/t16-/m0/s1. The van der Waals surface area contributed by atoms with E-state index in [2.05, 4.69) is 4.98 Å². The topological polar surface area (TPSA) is 67.7 Å². The molecule has 7 nitrogen and oxygen atoms in total. The van der Waals surface area contributed by atoms with Crippen molar-refractivity contribution in [2.45, 2.75) is 38.4 Å². The number of carbonyl (C=O) groups excluding carboxylic acids is 2. The summed E-state index contributed by atoms with van der Waals surface area (Å²) in [5.74, 6) is 0.489. The van der Waals surface area contributed by atoms with E-state index in [0.29, 0.717) is 63.4 Å². The lowest BCUT2D eigenvalue weighted by Crippen LogP contribution is -2.50. The number of carbonyl (C=O) groups is 2. The molecule has 0 bridgehead atoms. The van der Waals surface area contributed by atoms with Crippen LogP contribution < -0.4 is 0 Å². The van der Waals surface area contributed by atoms with Gasteiger partial charge < -0.3 is 19.1 Å². The van der Waals surface area contributed by atoms with Crippen molar-refractivity contribution < 1.29 is 27.5 Å². The highest BCUT2D eigenvalue weighted by atomic mass is 19.4. The second-order valence-corrected chi connectivity index (χ2v) is 8.03.